The van der Waals surface area contributed by atoms with Crippen molar-refractivity contribution >= 4 is 17.5 Å². The molecule has 5 nitrogen and oxygen atoms in total. The molecule has 1 heterocycles. The fraction of sp³-hybridized carbons (Fsp3) is 0.333. The second kappa shape index (κ2) is 6.63. The van der Waals surface area contributed by atoms with Crippen LogP contribution in [-0.4, -0.2) is 34.7 Å². The lowest BCUT2D eigenvalue weighted by Gasteiger charge is -2.18. The van der Waals surface area contributed by atoms with Crippen molar-refractivity contribution in [3.8, 4) is 5.75 Å². The van der Waals surface area contributed by atoms with Crippen LogP contribution >= 0.6 is 11.6 Å². The average molecular weight is 308 g/mol. The maximum absolute atomic E-state index is 12.4. The quantitative estimate of drug-likeness (QED) is 0.853. The van der Waals surface area contributed by atoms with E-state index in [1.54, 1.807) is 54.2 Å². The molecule has 112 valence electrons. The number of nitrogens with zero attached hydrogens (tertiary/aromatic N) is 3. The largest absolute Gasteiger partial charge is 0.497 e. The Kier molecular flexibility index (Phi) is 4.85. The molecule has 0 fully saturated rings. The van der Waals surface area contributed by atoms with Crippen LogP contribution in [0.1, 0.15) is 23.0 Å². The number of ether oxygens (including phenoxy) is 1. The van der Waals surface area contributed by atoms with Crippen LogP contribution in [0.3, 0.4) is 0 Å². The van der Waals surface area contributed by atoms with Gasteiger partial charge in [0.05, 0.1) is 30.6 Å². The van der Waals surface area contributed by atoms with Crippen molar-refractivity contribution < 1.29 is 9.53 Å². The third kappa shape index (κ3) is 3.36. The number of amides is 1. The van der Waals surface area contributed by atoms with Crippen LogP contribution in [0, 0.1) is 0 Å². The lowest BCUT2D eigenvalue weighted by atomic mass is 10.2. The van der Waals surface area contributed by atoms with E-state index in [4.69, 9.17) is 16.3 Å². The molecule has 0 unspecified atom stereocenters. The van der Waals surface area contributed by atoms with Crippen LogP contribution in [0.2, 0.25) is 5.02 Å². The SMILES string of the molecule is CCn1ncc(Cl)c1CN(C)C(=O)c1cccc(OC)c1. The van der Waals surface area contributed by atoms with Crippen molar-refractivity contribution in [3.05, 3.63) is 46.7 Å². The molecule has 0 aliphatic carbocycles. The Bertz CT molecular complexity index is 640. The fourth-order valence-electron chi connectivity index (χ4n) is 2.09. The summed E-state index contributed by atoms with van der Waals surface area (Å²) in [5.41, 5.74) is 1.41. The molecule has 0 spiro atoms. The van der Waals surface area contributed by atoms with Gasteiger partial charge in [-0.2, -0.15) is 5.10 Å². The number of rotatable bonds is 5. The van der Waals surface area contributed by atoms with Crippen molar-refractivity contribution in [1.82, 2.24) is 14.7 Å². The molecule has 0 N–H and O–H groups in total. The number of hydrogen-bond acceptors (Lipinski definition) is 3. The molecule has 1 amide bonds. The molecule has 0 aliphatic rings. The standard InChI is InChI=1S/C15H18ClN3O2/c1-4-19-14(13(16)9-17-19)10-18(2)15(20)11-6-5-7-12(8-11)21-3/h5-9H,4,10H2,1-3H3. The first kappa shape index (κ1) is 15.4. The van der Waals surface area contributed by atoms with E-state index in [1.807, 2.05) is 6.92 Å². The van der Waals surface area contributed by atoms with Crippen LogP contribution < -0.4 is 4.74 Å². The lowest BCUT2D eigenvalue weighted by molar-refractivity contribution is 0.0781. The summed E-state index contributed by atoms with van der Waals surface area (Å²) in [7, 11) is 3.32. The number of aryl methyl sites for hydroxylation is 1. The summed E-state index contributed by atoms with van der Waals surface area (Å²) in [6.07, 6.45) is 1.60. The van der Waals surface area contributed by atoms with Gasteiger partial charge in [0, 0.05) is 19.2 Å². The number of methoxy groups -OCH3 is 1. The van der Waals surface area contributed by atoms with Crippen molar-refractivity contribution in [2.24, 2.45) is 0 Å². The van der Waals surface area contributed by atoms with E-state index in [1.165, 1.54) is 0 Å². The third-order valence-corrected chi connectivity index (χ3v) is 3.56. The lowest BCUT2D eigenvalue weighted by Crippen LogP contribution is -2.27. The smallest absolute Gasteiger partial charge is 0.254 e. The Morgan fingerprint density at radius 1 is 1.48 bits per heavy atom. The second-order valence-corrected chi connectivity index (χ2v) is 5.06. The van der Waals surface area contributed by atoms with Gasteiger partial charge in [0.1, 0.15) is 5.75 Å². The predicted molar refractivity (Wildman–Crippen MR) is 81.7 cm³/mol. The summed E-state index contributed by atoms with van der Waals surface area (Å²) < 4.78 is 6.93. The van der Waals surface area contributed by atoms with Gasteiger partial charge in [-0.05, 0) is 25.1 Å². The van der Waals surface area contributed by atoms with Gasteiger partial charge in [0.25, 0.3) is 5.91 Å². The Labute approximate surface area is 129 Å². The maximum atomic E-state index is 12.4. The van der Waals surface area contributed by atoms with Crippen molar-refractivity contribution in [3.63, 3.8) is 0 Å². The maximum Gasteiger partial charge on any atom is 0.254 e. The topological polar surface area (TPSA) is 47.4 Å². The molecule has 6 heteroatoms. The van der Waals surface area contributed by atoms with E-state index >= 15 is 0 Å². The Balaban J connectivity index is 2.17. The molecule has 0 aliphatic heterocycles. The van der Waals surface area contributed by atoms with Gasteiger partial charge in [0.15, 0.2) is 0 Å². The minimum absolute atomic E-state index is 0.0891. The molecule has 1 aromatic heterocycles. The molecule has 21 heavy (non-hydrogen) atoms. The Morgan fingerprint density at radius 3 is 2.90 bits per heavy atom. The zero-order valence-electron chi connectivity index (χ0n) is 12.3. The fourth-order valence-corrected chi connectivity index (χ4v) is 2.29. The highest BCUT2D eigenvalue weighted by Gasteiger charge is 2.16. The molecular formula is C15H18ClN3O2. The predicted octanol–water partition coefficient (Wildman–Crippen LogP) is 2.84. The van der Waals surface area contributed by atoms with Crippen LogP contribution in [0.15, 0.2) is 30.5 Å². The van der Waals surface area contributed by atoms with Crippen LogP contribution in [0.4, 0.5) is 0 Å². The zero-order chi connectivity index (χ0) is 15.4. The third-order valence-electron chi connectivity index (χ3n) is 3.25. The van der Waals surface area contributed by atoms with Crippen molar-refractivity contribution in [1.29, 1.82) is 0 Å². The average Bonchev–Trinajstić information content (AvgIpc) is 2.86. The molecule has 0 atom stereocenters. The van der Waals surface area contributed by atoms with E-state index < -0.39 is 0 Å². The number of carbonyl (C=O) groups is 1. The summed E-state index contributed by atoms with van der Waals surface area (Å²) >= 11 is 6.12. The first-order chi connectivity index (χ1) is 10.1. The molecule has 1 aromatic carbocycles. The number of carbonyl (C=O) groups excluding carboxylic acids is 1. The van der Waals surface area contributed by atoms with Gasteiger partial charge in [0.2, 0.25) is 0 Å². The van der Waals surface area contributed by atoms with Crippen molar-refractivity contribution in [2.45, 2.75) is 20.0 Å². The Morgan fingerprint density at radius 2 is 2.24 bits per heavy atom. The number of aromatic nitrogens is 2. The van der Waals surface area contributed by atoms with Gasteiger partial charge in [-0.1, -0.05) is 17.7 Å². The van der Waals surface area contributed by atoms with Gasteiger partial charge >= 0.3 is 0 Å². The van der Waals surface area contributed by atoms with Crippen LogP contribution in [0.25, 0.3) is 0 Å². The number of hydrogen-bond donors (Lipinski definition) is 0. The Hall–Kier alpha value is -2.01. The molecule has 0 saturated heterocycles. The summed E-state index contributed by atoms with van der Waals surface area (Å²) in [5.74, 6) is 0.569. The molecular weight excluding hydrogens is 290 g/mol. The van der Waals surface area contributed by atoms with E-state index in [0.29, 0.717) is 29.4 Å². The molecule has 2 rings (SSSR count). The van der Waals surface area contributed by atoms with Gasteiger partial charge in [-0.3, -0.25) is 9.48 Å². The summed E-state index contributed by atoms with van der Waals surface area (Å²) in [4.78, 5) is 14.1. The van der Waals surface area contributed by atoms with E-state index in [-0.39, 0.29) is 5.91 Å². The van der Waals surface area contributed by atoms with Crippen LogP contribution in [-0.2, 0) is 13.1 Å². The van der Waals surface area contributed by atoms with E-state index in [0.717, 1.165) is 5.69 Å². The first-order valence-corrected chi connectivity index (χ1v) is 7.04. The minimum atomic E-state index is -0.0891. The minimum Gasteiger partial charge on any atom is -0.497 e. The number of halogens is 1. The van der Waals surface area contributed by atoms with Gasteiger partial charge in [-0.25, -0.2) is 0 Å². The number of benzene rings is 1. The van der Waals surface area contributed by atoms with Gasteiger partial charge in [-0.15, -0.1) is 0 Å². The normalized spacial score (nSPS) is 10.5. The monoisotopic (exact) mass is 307 g/mol. The molecule has 0 bridgehead atoms. The highest BCUT2D eigenvalue weighted by molar-refractivity contribution is 6.31. The summed E-state index contributed by atoms with van der Waals surface area (Å²) in [6.45, 7) is 3.10. The highest BCUT2D eigenvalue weighted by atomic mass is 35.5. The van der Waals surface area contributed by atoms with Gasteiger partial charge < -0.3 is 9.64 Å². The summed E-state index contributed by atoms with van der Waals surface area (Å²) in [5, 5.41) is 4.74. The molecule has 2 aromatic rings. The van der Waals surface area contributed by atoms with Crippen molar-refractivity contribution in [2.75, 3.05) is 14.2 Å². The van der Waals surface area contributed by atoms with E-state index in [9.17, 15) is 4.79 Å². The summed E-state index contributed by atoms with van der Waals surface area (Å²) in [6, 6.07) is 7.08. The molecule has 0 saturated carbocycles. The zero-order valence-corrected chi connectivity index (χ0v) is 13.1. The van der Waals surface area contributed by atoms with E-state index in [2.05, 4.69) is 5.10 Å². The highest BCUT2D eigenvalue weighted by Crippen LogP contribution is 2.19. The first-order valence-electron chi connectivity index (χ1n) is 6.66. The van der Waals surface area contributed by atoms with Crippen LogP contribution in [0.5, 0.6) is 5.75 Å². The molecule has 0 radical (unpaired) electrons. The second-order valence-electron chi connectivity index (χ2n) is 4.65.